The van der Waals surface area contributed by atoms with Gasteiger partial charge in [-0.3, -0.25) is 10.1 Å². The maximum absolute atomic E-state index is 12.8. The summed E-state index contributed by atoms with van der Waals surface area (Å²) in [7, 11) is 0. The summed E-state index contributed by atoms with van der Waals surface area (Å²) in [6.07, 6.45) is 0. The van der Waals surface area contributed by atoms with E-state index in [0.717, 1.165) is 11.1 Å². The quantitative estimate of drug-likeness (QED) is 0.392. The SMILES string of the molecule is N#Cc1c(NC(=O)c2ccccc2Br)oc(-c2ccccc2)c1-c1ccccc1. The van der Waals surface area contributed by atoms with Gasteiger partial charge in [0.25, 0.3) is 5.91 Å². The minimum Gasteiger partial charge on any atom is -0.438 e. The lowest BCUT2D eigenvalue weighted by Gasteiger charge is -2.04. The van der Waals surface area contributed by atoms with E-state index in [0.29, 0.717) is 21.4 Å². The maximum Gasteiger partial charge on any atom is 0.259 e. The number of nitrogens with zero attached hydrogens (tertiary/aromatic N) is 1. The molecule has 1 N–H and O–H groups in total. The van der Waals surface area contributed by atoms with Gasteiger partial charge >= 0.3 is 0 Å². The third kappa shape index (κ3) is 3.71. The molecule has 4 rings (SSSR count). The van der Waals surface area contributed by atoms with Crippen LogP contribution >= 0.6 is 15.9 Å². The van der Waals surface area contributed by atoms with Crippen LogP contribution in [-0.4, -0.2) is 5.91 Å². The third-order valence-electron chi connectivity index (χ3n) is 4.46. The Balaban J connectivity index is 1.86. The van der Waals surface area contributed by atoms with Crippen LogP contribution in [-0.2, 0) is 0 Å². The molecule has 1 amide bonds. The Morgan fingerprint density at radius 3 is 2.07 bits per heavy atom. The Kier molecular flexibility index (Phi) is 5.28. The van der Waals surface area contributed by atoms with E-state index in [9.17, 15) is 10.1 Å². The standard InChI is InChI=1S/C24H15BrN2O2/c25-20-14-8-7-13-18(20)23(28)27-24-19(15-26)21(16-9-3-1-4-10-16)22(29-24)17-11-5-2-6-12-17/h1-14H,(H,27,28). The number of nitrogens with one attached hydrogen (secondary N) is 1. The van der Waals surface area contributed by atoms with Gasteiger partial charge in [-0.25, -0.2) is 0 Å². The van der Waals surface area contributed by atoms with Crippen LogP contribution in [0, 0.1) is 11.3 Å². The number of furan rings is 1. The minimum absolute atomic E-state index is 0.131. The number of hydrogen-bond donors (Lipinski definition) is 1. The normalized spacial score (nSPS) is 10.3. The summed E-state index contributed by atoms with van der Waals surface area (Å²) in [6.45, 7) is 0. The monoisotopic (exact) mass is 442 g/mol. The number of carbonyl (C=O) groups is 1. The molecular formula is C24H15BrN2O2. The number of amides is 1. The number of benzene rings is 3. The molecule has 0 fully saturated rings. The third-order valence-corrected chi connectivity index (χ3v) is 5.16. The summed E-state index contributed by atoms with van der Waals surface area (Å²) in [5.41, 5.74) is 3.06. The van der Waals surface area contributed by atoms with Gasteiger partial charge in [-0.15, -0.1) is 0 Å². The Morgan fingerprint density at radius 2 is 1.45 bits per heavy atom. The van der Waals surface area contributed by atoms with Crippen LogP contribution in [0.1, 0.15) is 15.9 Å². The number of carbonyl (C=O) groups excluding carboxylic acids is 1. The molecule has 0 saturated carbocycles. The van der Waals surface area contributed by atoms with Crippen molar-refractivity contribution in [2.45, 2.75) is 0 Å². The van der Waals surface area contributed by atoms with Gasteiger partial charge in [0.1, 0.15) is 17.4 Å². The first-order chi connectivity index (χ1) is 14.2. The van der Waals surface area contributed by atoms with Crippen molar-refractivity contribution in [2.24, 2.45) is 0 Å². The highest BCUT2D eigenvalue weighted by molar-refractivity contribution is 9.10. The molecule has 0 radical (unpaired) electrons. The fourth-order valence-corrected chi connectivity index (χ4v) is 3.58. The summed E-state index contributed by atoms with van der Waals surface area (Å²) < 4.78 is 6.70. The van der Waals surface area contributed by atoms with Crippen LogP contribution in [0.25, 0.3) is 22.5 Å². The van der Waals surface area contributed by atoms with E-state index in [-0.39, 0.29) is 17.4 Å². The van der Waals surface area contributed by atoms with Crippen molar-refractivity contribution in [1.82, 2.24) is 0 Å². The van der Waals surface area contributed by atoms with Crippen molar-refractivity contribution in [2.75, 3.05) is 5.32 Å². The lowest BCUT2D eigenvalue weighted by molar-refractivity contribution is 0.102. The highest BCUT2D eigenvalue weighted by atomic mass is 79.9. The maximum atomic E-state index is 12.8. The minimum atomic E-state index is -0.359. The molecule has 1 aromatic heterocycles. The summed E-state index contributed by atoms with van der Waals surface area (Å²) in [4.78, 5) is 12.8. The molecular weight excluding hydrogens is 428 g/mol. The first-order valence-corrected chi connectivity index (χ1v) is 9.72. The summed E-state index contributed by atoms with van der Waals surface area (Å²) in [5, 5.41) is 12.6. The fraction of sp³-hybridized carbons (Fsp3) is 0. The van der Waals surface area contributed by atoms with E-state index >= 15 is 0 Å². The average molecular weight is 443 g/mol. The number of anilines is 1. The second-order valence-corrected chi connectivity index (χ2v) is 7.14. The highest BCUT2D eigenvalue weighted by Crippen LogP contribution is 2.41. The Hall–Kier alpha value is -3.62. The van der Waals surface area contributed by atoms with Crippen LogP contribution in [0.15, 0.2) is 93.8 Å². The van der Waals surface area contributed by atoms with E-state index < -0.39 is 0 Å². The predicted molar refractivity (Wildman–Crippen MR) is 116 cm³/mol. The van der Waals surface area contributed by atoms with Gasteiger partial charge in [0.05, 0.1) is 5.56 Å². The summed E-state index contributed by atoms with van der Waals surface area (Å²) >= 11 is 3.38. The van der Waals surface area contributed by atoms with Crippen LogP contribution in [0.4, 0.5) is 5.88 Å². The van der Waals surface area contributed by atoms with Crippen LogP contribution in [0.5, 0.6) is 0 Å². The largest absolute Gasteiger partial charge is 0.438 e. The van der Waals surface area contributed by atoms with Crippen molar-refractivity contribution in [3.63, 3.8) is 0 Å². The first-order valence-electron chi connectivity index (χ1n) is 8.92. The Bertz CT molecular complexity index is 1210. The van der Waals surface area contributed by atoms with Crippen molar-refractivity contribution >= 4 is 27.7 Å². The van der Waals surface area contributed by atoms with Gasteiger partial charge in [-0.05, 0) is 33.6 Å². The number of hydrogen-bond acceptors (Lipinski definition) is 3. The van der Waals surface area contributed by atoms with Crippen LogP contribution in [0.3, 0.4) is 0 Å². The molecule has 0 spiro atoms. The molecule has 4 nitrogen and oxygen atoms in total. The van der Waals surface area contributed by atoms with Gasteiger partial charge in [-0.1, -0.05) is 72.8 Å². The van der Waals surface area contributed by atoms with Gasteiger partial charge in [0.2, 0.25) is 5.88 Å². The van der Waals surface area contributed by atoms with Gasteiger partial charge in [-0.2, -0.15) is 5.26 Å². The molecule has 3 aromatic carbocycles. The molecule has 0 saturated heterocycles. The molecule has 4 aromatic rings. The molecule has 5 heteroatoms. The summed E-state index contributed by atoms with van der Waals surface area (Å²) in [5.74, 6) is 0.309. The highest BCUT2D eigenvalue weighted by Gasteiger charge is 2.24. The van der Waals surface area contributed by atoms with Gasteiger partial charge in [0, 0.05) is 15.6 Å². The van der Waals surface area contributed by atoms with E-state index in [1.54, 1.807) is 18.2 Å². The lowest BCUT2D eigenvalue weighted by atomic mass is 9.98. The van der Waals surface area contributed by atoms with E-state index in [1.165, 1.54) is 0 Å². The van der Waals surface area contributed by atoms with E-state index in [1.807, 2.05) is 66.7 Å². The van der Waals surface area contributed by atoms with E-state index in [2.05, 4.69) is 27.3 Å². The zero-order chi connectivity index (χ0) is 20.2. The predicted octanol–water partition coefficient (Wildman–Crippen LogP) is 6.50. The van der Waals surface area contributed by atoms with Gasteiger partial charge in [0.15, 0.2) is 0 Å². The molecule has 140 valence electrons. The molecule has 0 aliphatic rings. The molecule has 0 aliphatic heterocycles. The zero-order valence-electron chi connectivity index (χ0n) is 15.2. The van der Waals surface area contributed by atoms with Gasteiger partial charge < -0.3 is 4.42 Å². The number of halogens is 1. The average Bonchev–Trinajstić information content (AvgIpc) is 3.13. The topological polar surface area (TPSA) is 66.0 Å². The smallest absolute Gasteiger partial charge is 0.259 e. The van der Waals surface area contributed by atoms with E-state index in [4.69, 9.17) is 4.42 Å². The lowest BCUT2D eigenvalue weighted by Crippen LogP contribution is -2.12. The molecule has 0 bridgehead atoms. The first kappa shape index (κ1) is 18.7. The van der Waals surface area contributed by atoms with Crippen molar-refractivity contribution < 1.29 is 9.21 Å². The number of nitriles is 1. The second kappa shape index (κ2) is 8.17. The summed E-state index contributed by atoms with van der Waals surface area (Å²) in [6, 6.07) is 28.4. The second-order valence-electron chi connectivity index (χ2n) is 6.29. The van der Waals surface area contributed by atoms with Crippen LogP contribution in [0.2, 0.25) is 0 Å². The Morgan fingerprint density at radius 1 is 0.862 bits per heavy atom. The Labute approximate surface area is 176 Å². The fourth-order valence-electron chi connectivity index (χ4n) is 3.11. The molecule has 0 unspecified atom stereocenters. The molecule has 0 aliphatic carbocycles. The molecule has 0 atom stereocenters. The number of rotatable bonds is 4. The molecule has 29 heavy (non-hydrogen) atoms. The van der Waals surface area contributed by atoms with Crippen molar-refractivity contribution in [3.05, 3.63) is 101 Å². The van der Waals surface area contributed by atoms with Crippen molar-refractivity contribution in [1.29, 1.82) is 5.26 Å². The molecule has 1 heterocycles. The zero-order valence-corrected chi connectivity index (χ0v) is 16.8. The van der Waals surface area contributed by atoms with Crippen molar-refractivity contribution in [3.8, 4) is 28.5 Å². The van der Waals surface area contributed by atoms with Crippen LogP contribution < -0.4 is 5.32 Å².